The van der Waals surface area contributed by atoms with Gasteiger partial charge < -0.3 is 10.1 Å². The summed E-state index contributed by atoms with van der Waals surface area (Å²) in [6, 6.07) is 17.5. The molecule has 1 aromatic heterocycles. The van der Waals surface area contributed by atoms with Gasteiger partial charge in [0.2, 0.25) is 0 Å². The summed E-state index contributed by atoms with van der Waals surface area (Å²) >= 11 is 6.04. The highest BCUT2D eigenvalue weighted by Gasteiger charge is 2.48. The Morgan fingerprint density at radius 1 is 1.12 bits per heavy atom. The molecular weight excluding hydrogens is 450 g/mol. The molecule has 32 heavy (non-hydrogen) atoms. The Balaban J connectivity index is 1.79. The van der Waals surface area contributed by atoms with Gasteiger partial charge in [-0.15, -0.1) is 0 Å². The van der Waals surface area contributed by atoms with Crippen LogP contribution in [0.25, 0.3) is 0 Å². The van der Waals surface area contributed by atoms with Gasteiger partial charge in [0.15, 0.2) is 0 Å². The normalized spacial score (nSPS) is 18.4. The average Bonchev–Trinajstić information content (AvgIpc) is 3.11. The van der Waals surface area contributed by atoms with Gasteiger partial charge in [0.25, 0.3) is 0 Å². The molecule has 2 aromatic carbocycles. The molecule has 166 valence electrons. The lowest BCUT2D eigenvalue weighted by Crippen LogP contribution is -2.46. The summed E-state index contributed by atoms with van der Waals surface area (Å²) in [4.78, 5) is 18.6. The molecule has 1 unspecified atom stereocenters. The number of pyridine rings is 1. The predicted molar refractivity (Wildman–Crippen MR) is 124 cm³/mol. The average molecular weight is 472 g/mol. The summed E-state index contributed by atoms with van der Waals surface area (Å²) in [7, 11) is -3.27. The van der Waals surface area contributed by atoms with E-state index in [-0.39, 0.29) is 24.7 Å². The first kappa shape index (κ1) is 22.1. The van der Waals surface area contributed by atoms with Gasteiger partial charge in [0, 0.05) is 29.7 Å². The fourth-order valence-corrected chi connectivity index (χ4v) is 4.69. The summed E-state index contributed by atoms with van der Waals surface area (Å²) in [5.74, 6) is 1.05. The molecule has 2 heterocycles. The van der Waals surface area contributed by atoms with Gasteiger partial charge in [-0.25, -0.2) is 13.2 Å². The number of ether oxygens (including phenoxy) is 1. The van der Waals surface area contributed by atoms with Crippen molar-refractivity contribution < 1.29 is 17.9 Å². The minimum absolute atomic E-state index is 0.0836. The summed E-state index contributed by atoms with van der Waals surface area (Å²) in [6.45, 7) is 0.250. The minimum atomic E-state index is -3.27. The van der Waals surface area contributed by atoms with E-state index in [1.807, 2.05) is 18.2 Å². The first-order valence-corrected chi connectivity index (χ1v) is 12.4. The Morgan fingerprint density at radius 3 is 2.56 bits per heavy atom. The van der Waals surface area contributed by atoms with E-state index in [4.69, 9.17) is 16.3 Å². The number of nitrogens with one attached hydrogen (secondary N) is 1. The lowest BCUT2D eigenvalue weighted by Gasteiger charge is -2.38. The number of urea groups is 1. The number of benzene rings is 2. The molecule has 1 fully saturated rings. The lowest BCUT2D eigenvalue weighted by molar-refractivity contribution is 0.250. The number of hydrogen-bond acceptors (Lipinski definition) is 5. The Labute approximate surface area is 191 Å². The topological polar surface area (TPSA) is 88.6 Å². The molecule has 0 saturated carbocycles. The van der Waals surface area contributed by atoms with E-state index in [0.29, 0.717) is 22.2 Å². The van der Waals surface area contributed by atoms with Crippen LogP contribution in [0.2, 0.25) is 5.02 Å². The number of aromatic nitrogens is 1. The van der Waals surface area contributed by atoms with Crippen LogP contribution in [0, 0.1) is 0 Å². The number of carbonyl (C=O) groups is 1. The van der Waals surface area contributed by atoms with Crippen molar-refractivity contribution >= 4 is 33.2 Å². The number of carbonyl (C=O) groups excluding carboxylic acids is 1. The van der Waals surface area contributed by atoms with Gasteiger partial charge in [0.05, 0.1) is 17.5 Å². The Hall–Kier alpha value is -3.10. The van der Waals surface area contributed by atoms with Crippen LogP contribution >= 0.6 is 11.6 Å². The first-order chi connectivity index (χ1) is 15.3. The molecule has 0 radical (unpaired) electrons. The molecule has 2 amide bonds. The molecule has 4 rings (SSSR count). The van der Waals surface area contributed by atoms with Gasteiger partial charge >= 0.3 is 6.03 Å². The minimum Gasteiger partial charge on any atom is -0.456 e. The van der Waals surface area contributed by atoms with E-state index in [1.54, 1.807) is 59.8 Å². The molecule has 1 atom stereocenters. The maximum Gasteiger partial charge on any atom is 0.322 e. The predicted octanol–water partition coefficient (Wildman–Crippen LogP) is 4.39. The molecule has 9 heteroatoms. The number of nitrogens with zero attached hydrogens (tertiary/aromatic N) is 2. The van der Waals surface area contributed by atoms with E-state index < -0.39 is 15.4 Å². The molecule has 0 aliphatic carbocycles. The third-order valence-electron chi connectivity index (χ3n) is 5.38. The summed E-state index contributed by atoms with van der Waals surface area (Å²) in [5, 5.41) is 3.43. The molecular formula is C23H22ClN3O4S. The molecule has 0 bridgehead atoms. The van der Waals surface area contributed by atoms with E-state index >= 15 is 0 Å². The second kappa shape index (κ2) is 8.80. The van der Waals surface area contributed by atoms with E-state index in [2.05, 4.69) is 10.3 Å². The number of halogens is 1. The number of anilines is 1. The SMILES string of the molecule is CS(=O)(=O)CCC1(c2cccc(Oc3cccnc3)c2)CNC(=O)N1c1ccc(Cl)cc1. The van der Waals surface area contributed by atoms with Gasteiger partial charge in [-0.2, -0.15) is 0 Å². The van der Waals surface area contributed by atoms with Crippen LogP contribution in [0.1, 0.15) is 12.0 Å². The summed E-state index contributed by atoms with van der Waals surface area (Å²) < 4.78 is 30.1. The monoisotopic (exact) mass is 471 g/mol. The molecule has 7 nitrogen and oxygen atoms in total. The third kappa shape index (κ3) is 4.71. The number of hydrogen-bond donors (Lipinski definition) is 1. The van der Waals surface area contributed by atoms with E-state index in [9.17, 15) is 13.2 Å². The Morgan fingerprint density at radius 2 is 1.88 bits per heavy atom. The maximum absolute atomic E-state index is 12.9. The zero-order valence-electron chi connectivity index (χ0n) is 17.4. The fourth-order valence-electron chi connectivity index (χ4n) is 3.85. The smallest absolute Gasteiger partial charge is 0.322 e. The second-order valence-electron chi connectivity index (χ2n) is 7.70. The largest absolute Gasteiger partial charge is 0.456 e. The molecule has 0 spiro atoms. The highest BCUT2D eigenvalue weighted by atomic mass is 35.5. The molecule has 1 aliphatic rings. The van der Waals surface area contributed by atoms with Crippen LogP contribution in [0.4, 0.5) is 10.5 Å². The standard InChI is InChI=1S/C23H22ClN3O4S/c1-32(29,30)13-11-23(16-26-22(28)27(23)19-9-7-18(24)8-10-19)17-4-2-5-20(14-17)31-21-6-3-12-25-15-21/h2-10,12,14-15H,11,13,16H2,1H3,(H,26,28). The molecule has 1 saturated heterocycles. The molecule has 3 aromatic rings. The van der Waals surface area contributed by atoms with Crippen LogP contribution in [0.15, 0.2) is 73.1 Å². The van der Waals surface area contributed by atoms with Crippen LogP contribution in [0.5, 0.6) is 11.5 Å². The quantitative estimate of drug-likeness (QED) is 0.552. The Bertz CT molecular complexity index is 1220. The molecule has 1 aliphatic heterocycles. The van der Waals surface area contributed by atoms with Crippen molar-refractivity contribution in [3.8, 4) is 11.5 Å². The van der Waals surface area contributed by atoms with Crippen molar-refractivity contribution in [2.75, 3.05) is 23.5 Å². The van der Waals surface area contributed by atoms with Crippen molar-refractivity contribution in [3.05, 3.63) is 83.6 Å². The van der Waals surface area contributed by atoms with Crippen molar-refractivity contribution in [1.29, 1.82) is 0 Å². The van der Waals surface area contributed by atoms with E-state index in [1.165, 1.54) is 6.26 Å². The van der Waals surface area contributed by atoms with Gasteiger partial charge in [-0.1, -0.05) is 23.7 Å². The number of sulfone groups is 1. The number of rotatable bonds is 7. The summed E-state index contributed by atoms with van der Waals surface area (Å²) in [5.41, 5.74) is 0.454. The van der Waals surface area contributed by atoms with Gasteiger partial charge in [0.1, 0.15) is 21.3 Å². The van der Waals surface area contributed by atoms with Crippen LogP contribution in [-0.2, 0) is 15.4 Å². The van der Waals surface area contributed by atoms with Crippen molar-refractivity contribution in [2.24, 2.45) is 0 Å². The molecule has 1 N–H and O–H groups in total. The van der Waals surface area contributed by atoms with Crippen molar-refractivity contribution in [3.63, 3.8) is 0 Å². The van der Waals surface area contributed by atoms with Gasteiger partial charge in [-0.3, -0.25) is 9.88 Å². The lowest BCUT2D eigenvalue weighted by atomic mass is 9.86. The van der Waals surface area contributed by atoms with Crippen molar-refractivity contribution in [1.82, 2.24) is 10.3 Å². The zero-order chi connectivity index (χ0) is 22.8. The summed E-state index contributed by atoms with van der Waals surface area (Å²) in [6.07, 6.45) is 4.67. The first-order valence-electron chi connectivity index (χ1n) is 9.97. The highest BCUT2D eigenvalue weighted by Crippen LogP contribution is 2.41. The van der Waals surface area contributed by atoms with Gasteiger partial charge in [-0.05, 0) is 60.5 Å². The van der Waals surface area contributed by atoms with Crippen LogP contribution in [0.3, 0.4) is 0 Å². The number of amides is 2. The second-order valence-corrected chi connectivity index (χ2v) is 10.4. The Kier molecular flexibility index (Phi) is 6.08. The third-order valence-corrected chi connectivity index (χ3v) is 6.57. The zero-order valence-corrected chi connectivity index (χ0v) is 18.9. The highest BCUT2D eigenvalue weighted by molar-refractivity contribution is 7.90. The van der Waals surface area contributed by atoms with Crippen LogP contribution < -0.4 is 15.0 Å². The van der Waals surface area contributed by atoms with E-state index in [0.717, 1.165) is 5.56 Å². The fraction of sp³-hybridized carbons (Fsp3) is 0.217. The maximum atomic E-state index is 12.9. The van der Waals surface area contributed by atoms with Crippen molar-refractivity contribution in [2.45, 2.75) is 12.0 Å². The van der Waals surface area contributed by atoms with Crippen LogP contribution in [-0.4, -0.2) is 38.0 Å².